The van der Waals surface area contributed by atoms with E-state index in [9.17, 15) is 4.79 Å². The van der Waals surface area contributed by atoms with Crippen molar-refractivity contribution in [2.45, 2.75) is 27.2 Å². The van der Waals surface area contributed by atoms with Crippen LogP contribution in [0.25, 0.3) is 0 Å². The molecule has 1 N–H and O–H groups in total. The predicted octanol–water partition coefficient (Wildman–Crippen LogP) is 0.992. The van der Waals surface area contributed by atoms with Crippen LogP contribution in [0.2, 0.25) is 0 Å². The van der Waals surface area contributed by atoms with Crippen LogP contribution in [0.15, 0.2) is 0 Å². The Bertz CT molecular complexity index is 317. The van der Waals surface area contributed by atoms with Gasteiger partial charge < -0.3 is 9.84 Å². The third-order valence-electron chi connectivity index (χ3n) is 1.85. The molecule has 0 unspecified atom stereocenters. The maximum Gasteiger partial charge on any atom is 0.341 e. The second-order valence-electron chi connectivity index (χ2n) is 4.73. The topological polar surface area (TPSA) is 94.1 Å². The summed E-state index contributed by atoms with van der Waals surface area (Å²) in [6.45, 7) is 4.96. The molecule has 0 amide bonds. The first-order valence-corrected chi connectivity index (χ1v) is 4.92. The van der Waals surface area contributed by atoms with Crippen LogP contribution >= 0.6 is 0 Å². The van der Waals surface area contributed by atoms with Crippen LogP contribution in [0.4, 0.5) is 0 Å². The average molecular weight is 224 g/mol. The van der Waals surface area contributed by atoms with Gasteiger partial charge >= 0.3 is 5.97 Å². The minimum Gasteiger partial charge on any atom is -0.461 e. The van der Waals surface area contributed by atoms with Gasteiger partial charge in [-0.3, -0.25) is 0 Å². The molecule has 0 aliphatic carbocycles. The van der Waals surface area contributed by atoms with Gasteiger partial charge in [-0.2, -0.15) is 10.5 Å². The molecule has 0 aromatic carbocycles. The lowest BCUT2D eigenvalue weighted by atomic mass is 9.75. The van der Waals surface area contributed by atoms with Gasteiger partial charge in [0.25, 0.3) is 0 Å². The summed E-state index contributed by atoms with van der Waals surface area (Å²) in [5.41, 5.74) is -2.13. The summed E-state index contributed by atoms with van der Waals surface area (Å²) in [7, 11) is 0. The highest BCUT2D eigenvalue weighted by Gasteiger charge is 2.44. The molecule has 0 bridgehead atoms. The van der Waals surface area contributed by atoms with Crippen molar-refractivity contribution in [2.75, 3.05) is 13.2 Å². The van der Waals surface area contributed by atoms with E-state index in [1.54, 1.807) is 12.1 Å². The number of carbonyl (C=O) groups is 1. The molecule has 0 spiro atoms. The van der Waals surface area contributed by atoms with Crippen LogP contribution in [-0.2, 0) is 9.53 Å². The molecule has 0 aliphatic heterocycles. The van der Waals surface area contributed by atoms with Crippen LogP contribution < -0.4 is 0 Å². The first-order valence-electron chi connectivity index (χ1n) is 4.92. The van der Waals surface area contributed by atoms with Crippen molar-refractivity contribution in [2.24, 2.45) is 10.8 Å². The molecular formula is C11H16N2O3. The van der Waals surface area contributed by atoms with Crippen molar-refractivity contribution in [3.05, 3.63) is 0 Å². The molecule has 16 heavy (non-hydrogen) atoms. The molecule has 5 nitrogen and oxygen atoms in total. The lowest BCUT2D eigenvalue weighted by Crippen LogP contribution is -2.34. The van der Waals surface area contributed by atoms with E-state index in [1.165, 1.54) is 0 Å². The molecule has 0 aromatic rings. The van der Waals surface area contributed by atoms with Crippen molar-refractivity contribution in [1.29, 1.82) is 10.5 Å². The zero-order valence-electron chi connectivity index (χ0n) is 9.78. The maximum absolute atomic E-state index is 11.6. The van der Waals surface area contributed by atoms with Gasteiger partial charge in [0.05, 0.1) is 18.7 Å². The average Bonchev–Trinajstić information content (AvgIpc) is 2.21. The number of aliphatic hydroxyl groups excluding tert-OH is 1. The summed E-state index contributed by atoms with van der Waals surface area (Å²) < 4.78 is 4.65. The van der Waals surface area contributed by atoms with E-state index in [4.69, 9.17) is 15.6 Å². The monoisotopic (exact) mass is 224 g/mol. The molecule has 0 atom stereocenters. The van der Waals surface area contributed by atoms with E-state index in [2.05, 4.69) is 4.74 Å². The summed E-state index contributed by atoms with van der Waals surface area (Å²) >= 11 is 0. The molecule has 0 heterocycles. The van der Waals surface area contributed by atoms with Gasteiger partial charge in [0.2, 0.25) is 5.41 Å². The van der Waals surface area contributed by atoms with Gasteiger partial charge in [-0.15, -0.1) is 0 Å². The number of nitriles is 2. The standard InChI is InChI=1S/C11H16N2O3/c1-10(2,3)6-11(7-12,8-13)9(15)16-5-4-14/h14H,4-6H2,1-3H3. The maximum atomic E-state index is 11.6. The minimum absolute atomic E-state index is 0.0945. The Balaban J connectivity index is 4.92. The molecule has 0 aromatic heterocycles. The van der Waals surface area contributed by atoms with E-state index >= 15 is 0 Å². The number of carbonyl (C=O) groups excluding carboxylic acids is 1. The van der Waals surface area contributed by atoms with Gasteiger partial charge in [0.15, 0.2) is 0 Å². The first-order chi connectivity index (χ1) is 7.31. The van der Waals surface area contributed by atoms with Gasteiger partial charge in [-0.05, 0) is 11.8 Å². The number of ether oxygens (including phenoxy) is 1. The van der Waals surface area contributed by atoms with E-state index < -0.39 is 11.4 Å². The van der Waals surface area contributed by atoms with Crippen molar-refractivity contribution >= 4 is 5.97 Å². The van der Waals surface area contributed by atoms with Crippen LogP contribution in [0.3, 0.4) is 0 Å². The van der Waals surface area contributed by atoms with Gasteiger partial charge in [0.1, 0.15) is 6.61 Å². The molecule has 0 aliphatic rings. The van der Waals surface area contributed by atoms with E-state index in [0.717, 1.165) is 0 Å². The third kappa shape index (κ3) is 3.88. The van der Waals surface area contributed by atoms with Crippen molar-refractivity contribution in [1.82, 2.24) is 0 Å². The summed E-state index contributed by atoms with van der Waals surface area (Å²) in [6, 6.07) is 3.43. The normalized spacial score (nSPS) is 11.4. The number of aliphatic hydroxyl groups is 1. The van der Waals surface area contributed by atoms with E-state index in [-0.39, 0.29) is 25.0 Å². The van der Waals surface area contributed by atoms with Gasteiger partial charge in [-0.25, -0.2) is 4.79 Å². The summed E-state index contributed by atoms with van der Waals surface area (Å²) in [5.74, 6) is -0.888. The molecule has 0 saturated carbocycles. The van der Waals surface area contributed by atoms with Gasteiger partial charge in [-0.1, -0.05) is 20.8 Å². The summed E-state index contributed by atoms with van der Waals surface area (Å²) in [5, 5.41) is 26.5. The molecule has 0 rings (SSSR count). The Morgan fingerprint density at radius 1 is 1.31 bits per heavy atom. The number of hydrogen-bond donors (Lipinski definition) is 1. The Labute approximate surface area is 95.2 Å². The predicted molar refractivity (Wildman–Crippen MR) is 55.8 cm³/mol. The van der Waals surface area contributed by atoms with E-state index in [1.807, 2.05) is 20.8 Å². The smallest absolute Gasteiger partial charge is 0.341 e. The molecular weight excluding hydrogens is 208 g/mol. The summed E-state index contributed by atoms with van der Waals surface area (Å²) in [4.78, 5) is 11.6. The zero-order chi connectivity index (χ0) is 12.8. The van der Waals surface area contributed by atoms with Gasteiger partial charge in [0, 0.05) is 0 Å². The number of hydrogen-bond acceptors (Lipinski definition) is 5. The summed E-state index contributed by atoms with van der Waals surface area (Å²) in [6.07, 6.45) is 0.0945. The van der Waals surface area contributed by atoms with Crippen LogP contribution in [0, 0.1) is 33.5 Å². The fraction of sp³-hybridized carbons (Fsp3) is 0.727. The largest absolute Gasteiger partial charge is 0.461 e. The Hall–Kier alpha value is -1.59. The minimum atomic E-state index is -1.78. The Morgan fingerprint density at radius 2 is 1.81 bits per heavy atom. The molecule has 5 heteroatoms. The number of esters is 1. The van der Waals surface area contributed by atoms with Crippen molar-refractivity contribution in [3.8, 4) is 12.1 Å². The highest BCUT2D eigenvalue weighted by Crippen LogP contribution is 2.33. The zero-order valence-corrected chi connectivity index (χ0v) is 9.78. The molecule has 88 valence electrons. The highest BCUT2D eigenvalue weighted by atomic mass is 16.5. The lowest BCUT2D eigenvalue weighted by Gasteiger charge is -2.25. The second-order valence-corrected chi connectivity index (χ2v) is 4.73. The van der Waals surface area contributed by atoms with Crippen LogP contribution in [-0.4, -0.2) is 24.3 Å². The quantitative estimate of drug-likeness (QED) is 0.718. The van der Waals surface area contributed by atoms with Crippen LogP contribution in [0.1, 0.15) is 27.2 Å². The van der Waals surface area contributed by atoms with Crippen molar-refractivity contribution in [3.63, 3.8) is 0 Å². The Morgan fingerprint density at radius 3 is 2.12 bits per heavy atom. The van der Waals surface area contributed by atoms with Crippen molar-refractivity contribution < 1.29 is 14.6 Å². The van der Waals surface area contributed by atoms with E-state index in [0.29, 0.717) is 0 Å². The SMILES string of the molecule is CC(C)(C)CC(C#N)(C#N)C(=O)OCCO. The second kappa shape index (κ2) is 5.48. The first kappa shape index (κ1) is 14.4. The molecule has 0 fully saturated rings. The fourth-order valence-corrected chi connectivity index (χ4v) is 1.32. The number of nitrogens with zero attached hydrogens (tertiary/aromatic N) is 2. The fourth-order valence-electron chi connectivity index (χ4n) is 1.32. The van der Waals surface area contributed by atoms with Crippen LogP contribution in [0.5, 0.6) is 0 Å². The lowest BCUT2D eigenvalue weighted by molar-refractivity contribution is -0.152. The highest BCUT2D eigenvalue weighted by molar-refractivity contribution is 5.83. The number of rotatable bonds is 4. The molecule has 0 radical (unpaired) electrons. The Kier molecular flexibility index (Phi) is 4.94. The molecule has 0 saturated heterocycles. The third-order valence-corrected chi connectivity index (χ3v) is 1.85.